The van der Waals surface area contributed by atoms with Gasteiger partial charge in [-0.15, -0.1) is 11.8 Å². The van der Waals surface area contributed by atoms with E-state index in [4.69, 9.17) is 10.2 Å². The van der Waals surface area contributed by atoms with Gasteiger partial charge in [-0.05, 0) is 12.2 Å². The number of aliphatic hydroxyl groups excluding tert-OH is 2. The van der Waals surface area contributed by atoms with E-state index in [-0.39, 0.29) is 6.61 Å². The first-order valence-electron chi connectivity index (χ1n) is 7.71. The largest absolute Gasteiger partial charge is 0.393 e. The number of rotatable bonds is 14. The monoisotopic (exact) mass is 276 g/mol. The molecular formula is C15H32O2S. The second kappa shape index (κ2) is 15.3. The Labute approximate surface area is 118 Å². The maximum Gasteiger partial charge on any atom is 0.122 e. The predicted molar refractivity (Wildman–Crippen MR) is 82.0 cm³/mol. The van der Waals surface area contributed by atoms with Crippen molar-refractivity contribution in [2.45, 2.75) is 83.0 Å². The van der Waals surface area contributed by atoms with Crippen LogP contribution in [-0.4, -0.2) is 28.0 Å². The molecule has 0 aliphatic carbocycles. The van der Waals surface area contributed by atoms with E-state index in [0.29, 0.717) is 0 Å². The fourth-order valence-corrected chi connectivity index (χ4v) is 2.79. The minimum Gasteiger partial charge on any atom is -0.393 e. The van der Waals surface area contributed by atoms with Crippen LogP contribution in [0.25, 0.3) is 0 Å². The van der Waals surface area contributed by atoms with Gasteiger partial charge in [-0.25, -0.2) is 0 Å². The van der Waals surface area contributed by atoms with Crippen LogP contribution in [0.5, 0.6) is 0 Å². The van der Waals surface area contributed by atoms with Crippen LogP contribution in [0.4, 0.5) is 0 Å². The van der Waals surface area contributed by atoms with E-state index in [9.17, 15) is 0 Å². The van der Waals surface area contributed by atoms with Crippen LogP contribution in [0.2, 0.25) is 0 Å². The third-order valence-corrected chi connectivity index (χ3v) is 4.27. The van der Waals surface area contributed by atoms with Gasteiger partial charge in [0.1, 0.15) is 5.44 Å². The fourth-order valence-electron chi connectivity index (χ4n) is 2.04. The quantitative estimate of drug-likeness (QED) is 0.366. The highest BCUT2D eigenvalue weighted by atomic mass is 32.2. The number of hydrogen-bond donors (Lipinski definition) is 2. The smallest absolute Gasteiger partial charge is 0.122 e. The Hall–Kier alpha value is 0.270. The van der Waals surface area contributed by atoms with E-state index < -0.39 is 5.44 Å². The second-order valence-electron chi connectivity index (χ2n) is 5.04. The van der Waals surface area contributed by atoms with Crippen molar-refractivity contribution in [1.82, 2.24) is 0 Å². The van der Waals surface area contributed by atoms with Gasteiger partial charge in [-0.1, -0.05) is 71.1 Å². The summed E-state index contributed by atoms with van der Waals surface area (Å²) in [7, 11) is 0. The molecule has 0 saturated carbocycles. The molecule has 0 spiro atoms. The van der Waals surface area contributed by atoms with Gasteiger partial charge in [-0.3, -0.25) is 0 Å². The summed E-state index contributed by atoms with van der Waals surface area (Å²) in [6, 6.07) is 0. The maximum absolute atomic E-state index is 9.13. The highest BCUT2D eigenvalue weighted by Gasteiger charge is 2.00. The molecule has 0 aromatic heterocycles. The Morgan fingerprint density at radius 1 is 0.778 bits per heavy atom. The first-order valence-corrected chi connectivity index (χ1v) is 8.76. The van der Waals surface area contributed by atoms with Crippen molar-refractivity contribution in [3.63, 3.8) is 0 Å². The fraction of sp³-hybridized carbons (Fsp3) is 1.00. The molecule has 0 bridgehead atoms. The summed E-state index contributed by atoms with van der Waals surface area (Å²) in [6.07, 6.45) is 14.9. The third kappa shape index (κ3) is 14.3. The topological polar surface area (TPSA) is 40.5 Å². The zero-order chi connectivity index (χ0) is 13.5. The van der Waals surface area contributed by atoms with Crippen molar-refractivity contribution in [3.8, 4) is 0 Å². The molecule has 0 radical (unpaired) electrons. The highest BCUT2D eigenvalue weighted by Crippen LogP contribution is 2.14. The van der Waals surface area contributed by atoms with Crippen LogP contribution < -0.4 is 0 Å². The van der Waals surface area contributed by atoms with Crippen LogP contribution in [-0.2, 0) is 0 Å². The zero-order valence-electron chi connectivity index (χ0n) is 12.1. The summed E-state index contributed by atoms with van der Waals surface area (Å²) in [5.74, 6) is 0.971. The number of unbranched alkanes of at least 4 members (excludes halogenated alkanes) is 10. The van der Waals surface area contributed by atoms with Crippen LogP contribution in [0.15, 0.2) is 0 Å². The molecule has 1 atom stereocenters. The lowest BCUT2D eigenvalue weighted by atomic mass is 10.1. The first kappa shape index (κ1) is 18.3. The molecule has 0 aliphatic rings. The third-order valence-electron chi connectivity index (χ3n) is 3.21. The molecular weight excluding hydrogens is 244 g/mol. The molecule has 1 unspecified atom stereocenters. The molecule has 0 aromatic rings. The van der Waals surface area contributed by atoms with Crippen molar-refractivity contribution in [3.05, 3.63) is 0 Å². The Balaban J connectivity index is 2.94. The van der Waals surface area contributed by atoms with Gasteiger partial charge >= 0.3 is 0 Å². The van der Waals surface area contributed by atoms with Gasteiger partial charge in [0.25, 0.3) is 0 Å². The van der Waals surface area contributed by atoms with E-state index in [0.717, 1.165) is 12.2 Å². The normalized spacial score (nSPS) is 12.8. The van der Waals surface area contributed by atoms with Crippen LogP contribution in [0.1, 0.15) is 77.6 Å². The van der Waals surface area contributed by atoms with Gasteiger partial charge in [0.15, 0.2) is 0 Å². The zero-order valence-corrected chi connectivity index (χ0v) is 12.9. The molecule has 0 saturated heterocycles. The first-order chi connectivity index (χ1) is 8.81. The Bertz CT molecular complexity index is 153. The van der Waals surface area contributed by atoms with Crippen molar-refractivity contribution < 1.29 is 10.2 Å². The minimum atomic E-state index is -0.576. The van der Waals surface area contributed by atoms with E-state index in [1.165, 1.54) is 76.0 Å². The molecule has 18 heavy (non-hydrogen) atoms. The SMILES string of the molecule is CCCCCCCCCCCCCSC(O)CO. The Morgan fingerprint density at radius 3 is 1.67 bits per heavy atom. The molecule has 2 nitrogen and oxygen atoms in total. The number of thioether (sulfide) groups is 1. The molecule has 0 aromatic carbocycles. The average molecular weight is 276 g/mol. The standard InChI is InChI=1S/C15H32O2S/c1-2-3-4-5-6-7-8-9-10-11-12-13-18-15(17)14-16/h15-17H,2-14H2,1H3. The van der Waals surface area contributed by atoms with E-state index in [1.54, 1.807) is 0 Å². The number of aliphatic hydroxyl groups is 2. The van der Waals surface area contributed by atoms with Gasteiger partial charge in [-0.2, -0.15) is 0 Å². The van der Waals surface area contributed by atoms with E-state index in [1.807, 2.05) is 0 Å². The molecule has 0 rings (SSSR count). The van der Waals surface area contributed by atoms with Crippen molar-refractivity contribution in [2.75, 3.05) is 12.4 Å². The minimum absolute atomic E-state index is 0.122. The van der Waals surface area contributed by atoms with Gasteiger partial charge in [0.05, 0.1) is 6.61 Å². The van der Waals surface area contributed by atoms with Crippen molar-refractivity contribution in [1.29, 1.82) is 0 Å². The van der Waals surface area contributed by atoms with Crippen LogP contribution >= 0.6 is 11.8 Å². The Morgan fingerprint density at radius 2 is 1.22 bits per heavy atom. The summed E-state index contributed by atoms with van der Waals surface area (Å²) in [5, 5.41) is 17.8. The molecule has 0 aliphatic heterocycles. The average Bonchev–Trinajstić information content (AvgIpc) is 2.39. The Kier molecular flexibility index (Phi) is 15.6. The summed E-state index contributed by atoms with van der Waals surface area (Å²) in [5.41, 5.74) is -0.576. The van der Waals surface area contributed by atoms with Crippen LogP contribution in [0, 0.1) is 0 Å². The molecule has 110 valence electrons. The summed E-state index contributed by atoms with van der Waals surface area (Å²) in [6.45, 7) is 2.14. The summed E-state index contributed by atoms with van der Waals surface area (Å²) < 4.78 is 0. The van der Waals surface area contributed by atoms with Gasteiger partial charge in [0.2, 0.25) is 0 Å². The lowest BCUT2D eigenvalue weighted by Crippen LogP contribution is -2.06. The predicted octanol–water partition coefficient (Wildman–Crippen LogP) is 4.34. The molecule has 2 N–H and O–H groups in total. The molecule has 0 heterocycles. The highest BCUT2D eigenvalue weighted by molar-refractivity contribution is 7.99. The van der Waals surface area contributed by atoms with Crippen molar-refractivity contribution in [2.24, 2.45) is 0 Å². The summed E-state index contributed by atoms with van der Waals surface area (Å²) >= 11 is 1.46. The van der Waals surface area contributed by atoms with E-state index in [2.05, 4.69) is 6.92 Å². The van der Waals surface area contributed by atoms with Gasteiger partial charge in [0, 0.05) is 0 Å². The van der Waals surface area contributed by atoms with Crippen LogP contribution in [0.3, 0.4) is 0 Å². The molecule has 0 amide bonds. The lowest BCUT2D eigenvalue weighted by Gasteiger charge is -2.06. The van der Waals surface area contributed by atoms with E-state index >= 15 is 0 Å². The van der Waals surface area contributed by atoms with Gasteiger partial charge < -0.3 is 10.2 Å². The number of hydrogen-bond acceptors (Lipinski definition) is 3. The molecule has 3 heteroatoms. The summed E-state index contributed by atoms with van der Waals surface area (Å²) in [4.78, 5) is 0. The maximum atomic E-state index is 9.13. The molecule has 0 fully saturated rings. The second-order valence-corrected chi connectivity index (χ2v) is 6.33. The van der Waals surface area contributed by atoms with Crippen molar-refractivity contribution >= 4 is 11.8 Å². The lowest BCUT2D eigenvalue weighted by molar-refractivity contribution is 0.160.